The number of amides is 1. The summed E-state index contributed by atoms with van der Waals surface area (Å²) in [5.41, 5.74) is 1.28. The molecule has 0 aromatic carbocycles. The highest BCUT2D eigenvalue weighted by Gasteiger charge is 2.07. The quantitative estimate of drug-likeness (QED) is 0.754. The third-order valence-corrected chi connectivity index (χ3v) is 1.77. The zero-order chi connectivity index (χ0) is 10.7. The van der Waals surface area contributed by atoms with Crippen LogP contribution in [0.5, 0.6) is 0 Å². The van der Waals surface area contributed by atoms with E-state index in [1.165, 1.54) is 18.7 Å². The molecule has 0 aliphatic heterocycles. The second kappa shape index (κ2) is 3.87. The molecule has 0 aliphatic rings. The molecule has 6 heteroatoms. The molecule has 0 spiro atoms. The van der Waals surface area contributed by atoms with Gasteiger partial charge in [0, 0.05) is 24.2 Å². The second-order valence-corrected chi connectivity index (χ2v) is 3.02. The number of nitrogens with zero attached hydrogens (tertiary/aromatic N) is 3. The van der Waals surface area contributed by atoms with Crippen LogP contribution in [0.3, 0.4) is 0 Å². The van der Waals surface area contributed by atoms with Gasteiger partial charge in [-0.3, -0.25) is 9.89 Å². The topological polar surface area (TPSA) is 83.6 Å². The van der Waals surface area contributed by atoms with Gasteiger partial charge >= 0.3 is 0 Å². The highest BCUT2D eigenvalue weighted by Crippen LogP contribution is 2.05. The van der Waals surface area contributed by atoms with Gasteiger partial charge in [0.2, 0.25) is 0 Å². The summed E-state index contributed by atoms with van der Waals surface area (Å²) >= 11 is 0. The molecule has 0 atom stereocenters. The number of hydrogen-bond donors (Lipinski definition) is 2. The average molecular weight is 203 g/mol. The lowest BCUT2D eigenvalue weighted by Crippen LogP contribution is -2.12. The average Bonchev–Trinajstić information content (AvgIpc) is 2.65. The summed E-state index contributed by atoms with van der Waals surface area (Å²) in [6.45, 7) is 1.86. The van der Waals surface area contributed by atoms with E-state index in [1.54, 1.807) is 6.07 Å². The van der Waals surface area contributed by atoms with Crippen LogP contribution in [0.4, 0.5) is 5.82 Å². The number of aromatic nitrogens is 4. The first-order chi connectivity index (χ1) is 7.25. The Bertz CT molecular complexity index is 464. The van der Waals surface area contributed by atoms with Gasteiger partial charge in [-0.2, -0.15) is 5.10 Å². The van der Waals surface area contributed by atoms with E-state index in [0.717, 1.165) is 5.69 Å². The highest BCUT2D eigenvalue weighted by atomic mass is 16.1. The monoisotopic (exact) mass is 203 g/mol. The lowest BCUT2D eigenvalue weighted by molar-refractivity contribution is 0.102. The number of nitrogens with one attached hydrogen (secondary N) is 2. The van der Waals surface area contributed by atoms with Crippen LogP contribution in [0.15, 0.2) is 24.8 Å². The predicted molar refractivity (Wildman–Crippen MR) is 53.3 cm³/mol. The molecule has 1 amide bonds. The van der Waals surface area contributed by atoms with E-state index in [9.17, 15) is 4.79 Å². The van der Waals surface area contributed by atoms with Gasteiger partial charge < -0.3 is 5.32 Å². The molecule has 0 aliphatic carbocycles. The Morgan fingerprint density at radius 1 is 1.40 bits per heavy atom. The van der Waals surface area contributed by atoms with Crippen LogP contribution < -0.4 is 5.32 Å². The maximum Gasteiger partial charge on any atom is 0.260 e. The minimum Gasteiger partial charge on any atom is -0.305 e. The number of carbonyl (C=O) groups excluding carboxylic acids is 1. The van der Waals surface area contributed by atoms with Crippen molar-refractivity contribution in [1.82, 2.24) is 20.2 Å². The van der Waals surface area contributed by atoms with Crippen LogP contribution in [0.2, 0.25) is 0 Å². The van der Waals surface area contributed by atoms with Gasteiger partial charge in [-0.05, 0) is 6.92 Å². The van der Waals surface area contributed by atoms with Crippen molar-refractivity contribution in [2.75, 3.05) is 5.32 Å². The van der Waals surface area contributed by atoms with Crippen LogP contribution in [-0.4, -0.2) is 26.1 Å². The lowest BCUT2D eigenvalue weighted by Gasteiger charge is -1.99. The third kappa shape index (κ3) is 2.16. The molecule has 0 unspecified atom stereocenters. The number of anilines is 1. The fourth-order valence-electron chi connectivity index (χ4n) is 1.09. The number of H-pyrrole nitrogens is 1. The fraction of sp³-hybridized carbons (Fsp3) is 0.111. The molecule has 76 valence electrons. The number of aromatic amines is 1. The molecule has 0 saturated carbocycles. The molecule has 0 radical (unpaired) electrons. The molecular weight excluding hydrogens is 194 g/mol. The van der Waals surface area contributed by atoms with Gasteiger partial charge in [0.05, 0.1) is 5.56 Å². The molecule has 2 rings (SSSR count). The minimum atomic E-state index is -0.276. The highest BCUT2D eigenvalue weighted by molar-refractivity contribution is 6.03. The first-order valence-electron chi connectivity index (χ1n) is 4.34. The molecule has 2 aromatic heterocycles. The van der Waals surface area contributed by atoms with Crippen LogP contribution in [0.25, 0.3) is 0 Å². The van der Waals surface area contributed by atoms with Crippen molar-refractivity contribution in [3.63, 3.8) is 0 Å². The largest absolute Gasteiger partial charge is 0.305 e. The van der Waals surface area contributed by atoms with Crippen molar-refractivity contribution >= 4 is 11.7 Å². The van der Waals surface area contributed by atoms with E-state index in [2.05, 4.69) is 25.5 Å². The second-order valence-electron chi connectivity index (χ2n) is 3.02. The Labute approximate surface area is 85.8 Å². The van der Waals surface area contributed by atoms with Gasteiger partial charge in [-0.15, -0.1) is 0 Å². The summed E-state index contributed by atoms with van der Waals surface area (Å²) in [5.74, 6) is 0.212. The molecular formula is C9H9N5O. The Balaban J connectivity index is 2.11. The van der Waals surface area contributed by atoms with Crippen molar-refractivity contribution in [2.45, 2.75) is 6.92 Å². The smallest absolute Gasteiger partial charge is 0.260 e. The summed E-state index contributed by atoms with van der Waals surface area (Å²) in [7, 11) is 0. The minimum absolute atomic E-state index is 0.276. The van der Waals surface area contributed by atoms with Gasteiger partial charge in [-0.1, -0.05) is 0 Å². The molecule has 6 nitrogen and oxygen atoms in total. The van der Waals surface area contributed by atoms with Crippen molar-refractivity contribution in [3.8, 4) is 0 Å². The Hall–Kier alpha value is -2.24. The SMILES string of the molecule is Cc1cc(NC(=O)c2cncnc2)n[nH]1. The Kier molecular flexibility index (Phi) is 2.40. The van der Waals surface area contributed by atoms with Crippen molar-refractivity contribution in [1.29, 1.82) is 0 Å². The normalized spacial score (nSPS) is 9.93. The summed E-state index contributed by atoms with van der Waals surface area (Å²) in [6, 6.07) is 1.74. The van der Waals surface area contributed by atoms with E-state index in [4.69, 9.17) is 0 Å². The summed E-state index contributed by atoms with van der Waals surface area (Å²) < 4.78 is 0. The van der Waals surface area contributed by atoms with Crippen LogP contribution in [-0.2, 0) is 0 Å². The van der Waals surface area contributed by atoms with Crippen LogP contribution >= 0.6 is 0 Å². The maximum atomic E-state index is 11.6. The number of rotatable bonds is 2. The van der Waals surface area contributed by atoms with Gasteiger partial charge in [-0.25, -0.2) is 9.97 Å². The van der Waals surface area contributed by atoms with Gasteiger partial charge in [0.15, 0.2) is 5.82 Å². The van der Waals surface area contributed by atoms with Crippen molar-refractivity contribution < 1.29 is 4.79 Å². The lowest BCUT2D eigenvalue weighted by atomic mass is 10.3. The molecule has 0 saturated heterocycles. The molecule has 0 fully saturated rings. The zero-order valence-electron chi connectivity index (χ0n) is 8.06. The summed E-state index contributed by atoms with van der Waals surface area (Å²) in [6.07, 6.45) is 4.26. The van der Waals surface area contributed by atoms with Crippen LogP contribution in [0.1, 0.15) is 16.1 Å². The van der Waals surface area contributed by atoms with Crippen molar-refractivity contribution in [3.05, 3.63) is 36.0 Å². The summed E-state index contributed by atoms with van der Waals surface area (Å²) in [4.78, 5) is 19.1. The molecule has 2 aromatic rings. The van der Waals surface area contributed by atoms with E-state index in [-0.39, 0.29) is 5.91 Å². The maximum absolute atomic E-state index is 11.6. The molecule has 0 bridgehead atoms. The van der Waals surface area contributed by atoms with E-state index >= 15 is 0 Å². The third-order valence-electron chi connectivity index (χ3n) is 1.77. The first kappa shape index (κ1) is 9.32. The molecule has 2 heterocycles. The molecule has 15 heavy (non-hydrogen) atoms. The number of aryl methyl sites for hydroxylation is 1. The number of hydrogen-bond acceptors (Lipinski definition) is 4. The Morgan fingerprint density at radius 2 is 2.13 bits per heavy atom. The standard InChI is InChI=1S/C9H9N5O/c1-6-2-8(14-13-6)12-9(15)7-3-10-5-11-4-7/h2-5H,1H3,(H2,12,13,14,15). The van der Waals surface area contributed by atoms with E-state index in [1.807, 2.05) is 6.92 Å². The first-order valence-corrected chi connectivity index (χ1v) is 4.34. The molecule has 2 N–H and O–H groups in total. The van der Waals surface area contributed by atoms with Crippen molar-refractivity contribution in [2.24, 2.45) is 0 Å². The van der Waals surface area contributed by atoms with Gasteiger partial charge in [0.25, 0.3) is 5.91 Å². The Morgan fingerprint density at radius 3 is 2.73 bits per heavy atom. The zero-order valence-corrected chi connectivity index (χ0v) is 8.06. The summed E-state index contributed by atoms with van der Waals surface area (Å²) in [5, 5.41) is 9.23. The predicted octanol–water partition coefficient (Wildman–Crippen LogP) is 0.760. The fourth-order valence-corrected chi connectivity index (χ4v) is 1.09. The number of carbonyl (C=O) groups is 1. The van der Waals surface area contributed by atoms with E-state index < -0.39 is 0 Å². The van der Waals surface area contributed by atoms with E-state index in [0.29, 0.717) is 11.4 Å². The van der Waals surface area contributed by atoms with Crippen LogP contribution in [0, 0.1) is 6.92 Å². The van der Waals surface area contributed by atoms with Gasteiger partial charge in [0.1, 0.15) is 6.33 Å².